The fourth-order valence-electron chi connectivity index (χ4n) is 3.97. The molecule has 3 unspecified atom stereocenters. The van der Waals surface area contributed by atoms with Crippen LogP contribution in [0.25, 0.3) is 0 Å². The molecule has 1 fully saturated rings. The molecular weight excluding hydrogens is 462 g/mol. The van der Waals surface area contributed by atoms with E-state index in [1.54, 1.807) is 6.07 Å². The summed E-state index contributed by atoms with van der Waals surface area (Å²) in [5.74, 6) is -1.78. The van der Waals surface area contributed by atoms with Gasteiger partial charge in [0, 0.05) is 24.2 Å². The molecule has 0 radical (unpaired) electrons. The molecule has 1 aromatic heterocycles. The highest BCUT2D eigenvalue weighted by Gasteiger charge is 2.31. The molecule has 1 aliphatic rings. The van der Waals surface area contributed by atoms with Gasteiger partial charge in [0.1, 0.15) is 18.2 Å². The smallest absolute Gasteiger partial charge is 0.255 e. The van der Waals surface area contributed by atoms with Gasteiger partial charge in [-0.15, -0.1) is 11.6 Å². The summed E-state index contributed by atoms with van der Waals surface area (Å²) in [4.78, 5) is 49.3. The van der Waals surface area contributed by atoms with E-state index in [1.165, 1.54) is 16.8 Å². The Hall–Kier alpha value is -2.90. The molecule has 1 aromatic rings. The number of carbonyl (C=O) groups is 3. The van der Waals surface area contributed by atoms with E-state index in [4.69, 9.17) is 17.3 Å². The maximum Gasteiger partial charge on any atom is 0.255 e. The summed E-state index contributed by atoms with van der Waals surface area (Å²) in [6.45, 7) is 4.37. The summed E-state index contributed by atoms with van der Waals surface area (Å²) in [6.07, 6.45) is 1.39. The van der Waals surface area contributed by atoms with Crippen LogP contribution in [-0.4, -0.2) is 46.1 Å². The number of aromatic nitrogens is 1. The predicted molar refractivity (Wildman–Crippen MR) is 126 cm³/mol. The van der Waals surface area contributed by atoms with Gasteiger partial charge in [0.05, 0.1) is 11.4 Å². The van der Waals surface area contributed by atoms with Crippen molar-refractivity contribution in [3.63, 3.8) is 0 Å². The Labute approximate surface area is 203 Å². The first-order chi connectivity index (χ1) is 16.0. The number of aliphatic hydroxyl groups is 1. The van der Waals surface area contributed by atoms with Crippen molar-refractivity contribution in [1.82, 2.24) is 15.2 Å². The van der Waals surface area contributed by atoms with Crippen LogP contribution in [0.4, 0.5) is 0 Å². The van der Waals surface area contributed by atoms with E-state index >= 15 is 0 Å². The zero-order valence-electron chi connectivity index (χ0n) is 19.4. The number of nitrogens with two attached hydrogens (primary N) is 1. The van der Waals surface area contributed by atoms with Crippen LogP contribution in [0.2, 0.25) is 0 Å². The molecule has 10 nitrogen and oxygen atoms in total. The Morgan fingerprint density at radius 1 is 1.38 bits per heavy atom. The average Bonchev–Trinajstić information content (AvgIpc) is 3.19. The number of nitrogens with one attached hydrogen (secondary N) is 2. The second-order valence-corrected chi connectivity index (χ2v) is 9.51. The molecule has 5 atom stereocenters. The zero-order valence-corrected chi connectivity index (χ0v) is 20.1. The summed E-state index contributed by atoms with van der Waals surface area (Å²) < 4.78 is 1.29. The number of halogens is 1. The molecule has 0 spiro atoms. The van der Waals surface area contributed by atoms with E-state index in [-0.39, 0.29) is 42.6 Å². The fraction of sp³-hybridized carbons (Fsp3) is 0.609. The van der Waals surface area contributed by atoms with Crippen LogP contribution in [0.15, 0.2) is 23.1 Å². The van der Waals surface area contributed by atoms with Gasteiger partial charge in [-0.25, -0.2) is 0 Å². The van der Waals surface area contributed by atoms with Crippen LogP contribution in [-0.2, 0) is 14.4 Å². The highest BCUT2D eigenvalue weighted by molar-refractivity contribution is 6.20. The number of pyridine rings is 1. The first-order valence-corrected chi connectivity index (χ1v) is 11.8. The minimum Gasteiger partial charge on any atom is -0.383 e. The van der Waals surface area contributed by atoms with E-state index < -0.39 is 40.9 Å². The van der Waals surface area contributed by atoms with Gasteiger partial charge >= 0.3 is 0 Å². The van der Waals surface area contributed by atoms with E-state index in [1.807, 2.05) is 19.9 Å². The maximum atomic E-state index is 13.2. The molecule has 0 aliphatic carbocycles. The molecule has 1 saturated heterocycles. The summed E-state index contributed by atoms with van der Waals surface area (Å²) in [5.41, 5.74) is 4.81. The van der Waals surface area contributed by atoms with Gasteiger partial charge in [-0.3, -0.25) is 19.2 Å². The molecule has 0 aromatic carbocycles. The minimum atomic E-state index is -1.36. The molecule has 186 valence electrons. The lowest BCUT2D eigenvalue weighted by atomic mass is 9.97. The Bertz CT molecular complexity index is 989. The van der Waals surface area contributed by atoms with Crippen LogP contribution in [0.3, 0.4) is 0 Å². The lowest BCUT2D eigenvalue weighted by Crippen LogP contribution is -2.43. The van der Waals surface area contributed by atoms with Gasteiger partial charge in [-0.2, -0.15) is 5.26 Å². The third kappa shape index (κ3) is 7.30. The van der Waals surface area contributed by atoms with E-state index in [2.05, 4.69) is 10.6 Å². The fourth-order valence-corrected chi connectivity index (χ4v) is 4.27. The number of hydrogen-bond donors (Lipinski definition) is 4. The van der Waals surface area contributed by atoms with Crippen LogP contribution in [0.5, 0.6) is 0 Å². The Balaban J connectivity index is 2.23. The van der Waals surface area contributed by atoms with E-state index in [0.29, 0.717) is 19.4 Å². The van der Waals surface area contributed by atoms with Crippen molar-refractivity contribution in [1.29, 1.82) is 5.26 Å². The highest BCUT2D eigenvalue weighted by atomic mass is 35.5. The Morgan fingerprint density at radius 3 is 2.65 bits per heavy atom. The molecule has 0 bridgehead atoms. The standard InChI is InChI=1S/C23H32ClN5O5/c1-13(2)10-18(22(33)28-15(12-25)11-14-7-8-27-21(14)32)29-9-3-4-16(23(29)34)17(24)5-6-19(30)20(26)31/h3-4,9,13-15,17-19,30H,5-8,10-11H2,1-2H3,(H2,26,31)(H,27,32)(H,28,33)/t14-,15-,17?,18?,19?/m0/s1. The highest BCUT2D eigenvalue weighted by Crippen LogP contribution is 2.25. The summed E-state index contributed by atoms with van der Waals surface area (Å²) >= 11 is 6.38. The number of nitriles is 1. The molecule has 11 heteroatoms. The first kappa shape index (κ1) is 27.3. The molecule has 0 saturated carbocycles. The summed E-state index contributed by atoms with van der Waals surface area (Å²) in [7, 11) is 0. The number of carbonyl (C=O) groups excluding carboxylic acids is 3. The van der Waals surface area contributed by atoms with E-state index in [0.717, 1.165) is 0 Å². The Morgan fingerprint density at radius 2 is 2.09 bits per heavy atom. The van der Waals surface area contributed by atoms with Crippen LogP contribution in [0, 0.1) is 23.2 Å². The zero-order chi connectivity index (χ0) is 25.4. The van der Waals surface area contributed by atoms with Crippen LogP contribution < -0.4 is 21.9 Å². The number of hydrogen-bond acceptors (Lipinski definition) is 6. The van der Waals surface area contributed by atoms with Crippen molar-refractivity contribution in [3.8, 4) is 6.07 Å². The molecule has 5 N–H and O–H groups in total. The lowest BCUT2D eigenvalue weighted by Gasteiger charge is -2.24. The van der Waals surface area contributed by atoms with Gasteiger partial charge in [0.15, 0.2) is 0 Å². The van der Waals surface area contributed by atoms with Crippen molar-refractivity contribution in [2.45, 2.75) is 69.5 Å². The molecular formula is C23H32ClN5O5. The van der Waals surface area contributed by atoms with Gasteiger partial charge < -0.3 is 26.0 Å². The number of aliphatic hydroxyl groups excluding tert-OH is 1. The number of rotatable bonds is 12. The van der Waals surface area contributed by atoms with Crippen molar-refractivity contribution in [2.24, 2.45) is 17.6 Å². The second kappa shape index (κ2) is 12.5. The third-order valence-corrected chi connectivity index (χ3v) is 6.31. The van der Waals surface area contributed by atoms with Gasteiger partial charge in [0.25, 0.3) is 5.56 Å². The molecule has 2 heterocycles. The topological polar surface area (TPSA) is 167 Å². The van der Waals surface area contributed by atoms with Crippen molar-refractivity contribution >= 4 is 29.3 Å². The Kier molecular flexibility index (Phi) is 10.1. The average molecular weight is 494 g/mol. The molecule has 34 heavy (non-hydrogen) atoms. The monoisotopic (exact) mass is 493 g/mol. The van der Waals surface area contributed by atoms with Crippen LogP contribution >= 0.6 is 11.6 Å². The number of primary amides is 1. The second-order valence-electron chi connectivity index (χ2n) is 8.99. The molecule has 1 aliphatic heterocycles. The number of amides is 3. The molecule has 3 amide bonds. The van der Waals surface area contributed by atoms with E-state index in [9.17, 15) is 29.5 Å². The maximum absolute atomic E-state index is 13.2. The largest absolute Gasteiger partial charge is 0.383 e. The minimum absolute atomic E-state index is 0.00760. The predicted octanol–water partition coefficient (Wildman–Crippen LogP) is 0.876. The number of nitrogens with zero attached hydrogens (tertiary/aromatic N) is 2. The lowest BCUT2D eigenvalue weighted by molar-refractivity contribution is -0.126. The third-order valence-electron chi connectivity index (χ3n) is 5.85. The van der Waals surface area contributed by atoms with Crippen molar-refractivity contribution < 1.29 is 19.5 Å². The molecule has 2 rings (SSSR count). The van der Waals surface area contributed by atoms with Crippen molar-refractivity contribution in [3.05, 3.63) is 34.2 Å². The first-order valence-electron chi connectivity index (χ1n) is 11.3. The summed E-state index contributed by atoms with van der Waals surface area (Å²) in [6, 6.07) is 3.42. The number of alkyl halides is 1. The quantitative estimate of drug-likeness (QED) is 0.315. The normalized spacial score (nSPS) is 19.1. The van der Waals surface area contributed by atoms with Gasteiger partial charge in [0.2, 0.25) is 17.7 Å². The van der Waals surface area contributed by atoms with Crippen molar-refractivity contribution in [2.75, 3.05) is 6.54 Å². The summed E-state index contributed by atoms with van der Waals surface area (Å²) in [5, 5.41) is 23.7. The van der Waals surface area contributed by atoms with Gasteiger partial charge in [-0.1, -0.05) is 19.9 Å². The van der Waals surface area contributed by atoms with Crippen LogP contribution in [0.1, 0.15) is 62.9 Å². The SMILES string of the molecule is CC(C)CC(C(=O)N[C@H](C#N)C[C@@H]1CCNC1=O)n1cccc(C(Cl)CCC(O)C(N)=O)c1=O. The van der Waals surface area contributed by atoms with Gasteiger partial charge in [-0.05, 0) is 44.1 Å².